The van der Waals surface area contributed by atoms with Gasteiger partial charge in [-0.25, -0.2) is 0 Å². The van der Waals surface area contributed by atoms with Crippen molar-refractivity contribution in [2.45, 2.75) is 33.2 Å². The lowest BCUT2D eigenvalue weighted by Crippen LogP contribution is -2.43. The zero-order valence-corrected chi connectivity index (χ0v) is 13.3. The van der Waals surface area contributed by atoms with Gasteiger partial charge in [-0.05, 0) is 49.4 Å². The maximum atomic E-state index is 5.44. The largest absolute Gasteiger partial charge is 0.500 e. The predicted octanol–water partition coefficient (Wildman–Crippen LogP) is 3.03. The first kappa shape index (κ1) is 15.4. The molecule has 0 unspecified atom stereocenters. The molecule has 1 rings (SSSR count). The van der Waals surface area contributed by atoms with E-state index in [1.807, 2.05) is 0 Å². The van der Waals surface area contributed by atoms with Crippen LogP contribution in [0.2, 0.25) is 6.04 Å². The maximum Gasteiger partial charge on any atom is 0.500 e. The van der Waals surface area contributed by atoms with Crippen LogP contribution in [0.25, 0.3) is 0 Å². The van der Waals surface area contributed by atoms with Crippen LogP contribution in [0.4, 0.5) is 0 Å². The standard InChI is InChI=1S/C14H24O3Si/c1-11-9-14(10-12(2)13(11)3)7-8-18(15-4,16-5)17-6/h9-10H,7-8H2,1-6H3. The smallest absolute Gasteiger partial charge is 0.377 e. The van der Waals surface area contributed by atoms with Crippen molar-refractivity contribution in [3.8, 4) is 0 Å². The van der Waals surface area contributed by atoms with E-state index in [9.17, 15) is 0 Å². The lowest BCUT2D eigenvalue weighted by Gasteiger charge is -2.24. The molecule has 0 spiro atoms. The van der Waals surface area contributed by atoms with E-state index in [4.69, 9.17) is 13.3 Å². The molecule has 3 nitrogen and oxygen atoms in total. The second-order valence-electron chi connectivity index (χ2n) is 4.65. The molecule has 0 bridgehead atoms. The molecule has 0 radical (unpaired) electrons. The van der Waals surface area contributed by atoms with Crippen LogP contribution >= 0.6 is 0 Å². The summed E-state index contributed by atoms with van der Waals surface area (Å²) in [6.45, 7) is 6.46. The van der Waals surface area contributed by atoms with Crippen molar-refractivity contribution in [2.75, 3.05) is 21.3 Å². The molecule has 0 fully saturated rings. The maximum absolute atomic E-state index is 5.44. The molecule has 0 aromatic heterocycles. The lowest BCUT2D eigenvalue weighted by molar-refractivity contribution is 0.123. The molecule has 0 atom stereocenters. The average Bonchev–Trinajstić information content (AvgIpc) is 2.38. The molecule has 0 aliphatic carbocycles. The molecule has 4 heteroatoms. The summed E-state index contributed by atoms with van der Waals surface area (Å²) < 4.78 is 16.3. The van der Waals surface area contributed by atoms with Gasteiger partial charge in [0.1, 0.15) is 0 Å². The van der Waals surface area contributed by atoms with Gasteiger partial charge in [0.15, 0.2) is 0 Å². The third kappa shape index (κ3) is 3.42. The SMILES string of the molecule is CO[Si](CCc1cc(C)c(C)c(C)c1)(OC)OC. The van der Waals surface area contributed by atoms with Crippen LogP contribution in [0, 0.1) is 20.8 Å². The summed E-state index contributed by atoms with van der Waals surface area (Å²) in [5.41, 5.74) is 5.36. The first-order valence-corrected chi connectivity index (χ1v) is 8.13. The number of benzene rings is 1. The van der Waals surface area contributed by atoms with Gasteiger partial charge in [-0.1, -0.05) is 12.1 Å². The minimum atomic E-state index is -2.45. The van der Waals surface area contributed by atoms with Crippen molar-refractivity contribution in [3.05, 3.63) is 34.4 Å². The zero-order valence-electron chi connectivity index (χ0n) is 12.3. The van der Waals surface area contributed by atoms with Gasteiger partial charge in [-0.15, -0.1) is 0 Å². The highest BCUT2D eigenvalue weighted by Gasteiger charge is 2.37. The molecule has 0 N–H and O–H groups in total. The van der Waals surface area contributed by atoms with Gasteiger partial charge < -0.3 is 13.3 Å². The number of hydrogen-bond acceptors (Lipinski definition) is 3. The first-order valence-electron chi connectivity index (χ1n) is 6.20. The molecular formula is C14H24O3Si. The third-order valence-corrected chi connectivity index (χ3v) is 6.37. The van der Waals surface area contributed by atoms with E-state index in [2.05, 4.69) is 32.9 Å². The van der Waals surface area contributed by atoms with Gasteiger partial charge in [0.25, 0.3) is 0 Å². The van der Waals surface area contributed by atoms with Crippen molar-refractivity contribution in [3.63, 3.8) is 0 Å². The van der Waals surface area contributed by atoms with E-state index in [1.165, 1.54) is 22.3 Å². The molecular weight excluding hydrogens is 244 g/mol. The highest BCUT2D eigenvalue weighted by atomic mass is 28.4. The number of rotatable bonds is 6. The van der Waals surface area contributed by atoms with Crippen LogP contribution in [0.15, 0.2) is 12.1 Å². The van der Waals surface area contributed by atoms with E-state index in [1.54, 1.807) is 21.3 Å². The van der Waals surface area contributed by atoms with Crippen molar-refractivity contribution in [1.29, 1.82) is 0 Å². The van der Waals surface area contributed by atoms with Crippen molar-refractivity contribution < 1.29 is 13.3 Å². The van der Waals surface area contributed by atoms with E-state index in [-0.39, 0.29) is 0 Å². The Hall–Kier alpha value is -0.683. The second-order valence-corrected chi connectivity index (χ2v) is 7.74. The lowest BCUT2D eigenvalue weighted by atomic mass is 9.99. The Bertz CT molecular complexity index is 369. The summed E-state index contributed by atoms with van der Waals surface area (Å²) in [6, 6.07) is 5.28. The molecule has 0 heterocycles. The highest BCUT2D eigenvalue weighted by Crippen LogP contribution is 2.20. The molecule has 0 saturated heterocycles. The van der Waals surface area contributed by atoms with E-state index >= 15 is 0 Å². The normalized spacial score (nSPS) is 11.9. The van der Waals surface area contributed by atoms with Gasteiger partial charge in [-0.2, -0.15) is 0 Å². The Morgan fingerprint density at radius 2 is 1.33 bits per heavy atom. The summed E-state index contributed by atoms with van der Waals surface area (Å²) in [6.07, 6.45) is 0.920. The van der Waals surface area contributed by atoms with Gasteiger partial charge in [-0.3, -0.25) is 0 Å². The fourth-order valence-electron chi connectivity index (χ4n) is 2.12. The average molecular weight is 268 g/mol. The van der Waals surface area contributed by atoms with Crippen LogP contribution in [0.1, 0.15) is 22.3 Å². The molecule has 1 aromatic carbocycles. The van der Waals surface area contributed by atoms with E-state index in [0.717, 1.165) is 12.5 Å². The van der Waals surface area contributed by atoms with E-state index in [0.29, 0.717) is 0 Å². The molecule has 0 aliphatic heterocycles. The van der Waals surface area contributed by atoms with E-state index < -0.39 is 8.80 Å². The molecule has 18 heavy (non-hydrogen) atoms. The fourth-order valence-corrected chi connectivity index (χ4v) is 3.83. The minimum absolute atomic E-state index is 0.804. The Labute approximate surface area is 111 Å². The Kier molecular flexibility index (Phi) is 5.53. The quantitative estimate of drug-likeness (QED) is 0.742. The molecule has 0 amide bonds. The summed E-state index contributed by atoms with van der Waals surface area (Å²) >= 11 is 0. The Morgan fingerprint density at radius 1 is 0.889 bits per heavy atom. The summed E-state index contributed by atoms with van der Waals surface area (Å²) in [5.74, 6) is 0. The number of hydrogen-bond donors (Lipinski definition) is 0. The van der Waals surface area contributed by atoms with Gasteiger partial charge in [0, 0.05) is 27.4 Å². The molecule has 0 saturated carbocycles. The highest BCUT2D eigenvalue weighted by molar-refractivity contribution is 6.60. The summed E-state index contributed by atoms with van der Waals surface area (Å²) in [4.78, 5) is 0. The predicted molar refractivity (Wildman–Crippen MR) is 75.9 cm³/mol. The number of aryl methyl sites for hydroxylation is 3. The Balaban J connectivity index is 2.80. The Morgan fingerprint density at radius 3 is 1.72 bits per heavy atom. The van der Waals surface area contributed by atoms with Crippen LogP contribution in [0.5, 0.6) is 0 Å². The monoisotopic (exact) mass is 268 g/mol. The fraction of sp³-hybridized carbons (Fsp3) is 0.571. The van der Waals surface area contributed by atoms with Crippen LogP contribution in [0.3, 0.4) is 0 Å². The first-order chi connectivity index (χ1) is 8.48. The minimum Gasteiger partial charge on any atom is -0.377 e. The van der Waals surface area contributed by atoms with Crippen molar-refractivity contribution >= 4 is 8.80 Å². The molecule has 1 aromatic rings. The molecule has 102 valence electrons. The molecule has 0 aliphatic rings. The third-order valence-electron chi connectivity index (χ3n) is 3.64. The second kappa shape index (κ2) is 6.47. The van der Waals surface area contributed by atoms with Crippen LogP contribution in [-0.2, 0) is 19.7 Å². The van der Waals surface area contributed by atoms with Crippen molar-refractivity contribution in [2.24, 2.45) is 0 Å². The zero-order chi connectivity index (χ0) is 13.8. The summed E-state index contributed by atoms with van der Waals surface area (Å²) in [7, 11) is 2.52. The topological polar surface area (TPSA) is 27.7 Å². The van der Waals surface area contributed by atoms with Gasteiger partial charge >= 0.3 is 8.80 Å². The van der Waals surface area contributed by atoms with Crippen LogP contribution in [-0.4, -0.2) is 30.1 Å². The van der Waals surface area contributed by atoms with Gasteiger partial charge in [0.2, 0.25) is 0 Å². The van der Waals surface area contributed by atoms with Crippen LogP contribution < -0.4 is 0 Å². The van der Waals surface area contributed by atoms with Crippen molar-refractivity contribution in [1.82, 2.24) is 0 Å². The van der Waals surface area contributed by atoms with Gasteiger partial charge in [0.05, 0.1) is 0 Å². The summed E-state index contributed by atoms with van der Waals surface area (Å²) in [5, 5.41) is 0.